The molecule has 0 heterocycles. The van der Waals surface area contributed by atoms with Gasteiger partial charge >= 0.3 is 0 Å². The summed E-state index contributed by atoms with van der Waals surface area (Å²) in [6.07, 6.45) is 1.28. The van der Waals surface area contributed by atoms with Crippen molar-refractivity contribution in [3.05, 3.63) is 69.2 Å². The van der Waals surface area contributed by atoms with Gasteiger partial charge in [-0.25, -0.2) is 0 Å². The van der Waals surface area contributed by atoms with E-state index in [2.05, 4.69) is 0 Å². The minimum atomic E-state index is -0.297. The zero-order valence-corrected chi connectivity index (χ0v) is 12.2. The molecule has 3 rings (SSSR count). The standard InChI is InChI=1S/C16H9Cl2NO2/c17-9-4-8(5-10(18)6-9)12-7-14(20)15-11(16(12)21)2-1-3-13(15)19/h1-7H,19H2. The number of hydrogen-bond donors (Lipinski definition) is 1. The van der Waals surface area contributed by atoms with E-state index in [9.17, 15) is 9.59 Å². The highest BCUT2D eigenvalue weighted by Crippen LogP contribution is 2.32. The van der Waals surface area contributed by atoms with Gasteiger partial charge in [0.05, 0.1) is 5.56 Å². The Kier molecular flexibility index (Phi) is 3.32. The molecule has 1 aliphatic rings. The molecule has 3 nitrogen and oxygen atoms in total. The Morgan fingerprint density at radius 2 is 1.62 bits per heavy atom. The van der Waals surface area contributed by atoms with Crippen LogP contribution in [-0.2, 0) is 0 Å². The lowest BCUT2D eigenvalue weighted by molar-refractivity contribution is 0.100. The van der Waals surface area contributed by atoms with Crippen molar-refractivity contribution in [1.82, 2.24) is 0 Å². The summed E-state index contributed by atoms with van der Waals surface area (Å²) in [5, 5.41) is 0.800. The smallest absolute Gasteiger partial charge is 0.194 e. The van der Waals surface area contributed by atoms with Crippen LogP contribution in [0, 0.1) is 0 Å². The SMILES string of the molecule is Nc1cccc2c1C(=O)C=C(c1cc(Cl)cc(Cl)c1)C2=O. The van der Waals surface area contributed by atoms with Gasteiger partial charge in [0.15, 0.2) is 11.6 Å². The molecule has 0 amide bonds. The first-order valence-corrected chi connectivity index (χ1v) is 6.88. The molecule has 0 fully saturated rings. The van der Waals surface area contributed by atoms with E-state index in [1.807, 2.05) is 0 Å². The zero-order chi connectivity index (χ0) is 15.1. The highest BCUT2D eigenvalue weighted by Gasteiger charge is 2.28. The van der Waals surface area contributed by atoms with Crippen LogP contribution in [0.2, 0.25) is 10.0 Å². The number of carbonyl (C=O) groups is 2. The molecule has 0 atom stereocenters. The third-order valence-electron chi connectivity index (χ3n) is 3.28. The molecule has 2 aromatic rings. The number of Topliss-reactive ketones (excluding diaryl/α,β-unsaturated/α-hetero) is 1. The molecular formula is C16H9Cl2NO2. The molecule has 0 aromatic heterocycles. The van der Waals surface area contributed by atoms with Gasteiger partial charge in [-0.05, 0) is 35.9 Å². The van der Waals surface area contributed by atoms with Crippen LogP contribution in [0.5, 0.6) is 0 Å². The maximum Gasteiger partial charge on any atom is 0.194 e. The minimum Gasteiger partial charge on any atom is -0.398 e. The highest BCUT2D eigenvalue weighted by molar-refractivity contribution is 6.40. The Morgan fingerprint density at radius 3 is 2.29 bits per heavy atom. The molecule has 0 bridgehead atoms. The first kappa shape index (κ1) is 13.9. The topological polar surface area (TPSA) is 60.2 Å². The number of halogens is 2. The number of anilines is 1. The second-order valence-corrected chi connectivity index (χ2v) is 5.55. The molecule has 104 valence electrons. The number of rotatable bonds is 1. The molecule has 2 aromatic carbocycles. The number of allylic oxidation sites excluding steroid dienone is 2. The van der Waals surface area contributed by atoms with Crippen LogP contribution in [0.4, 0.5) is 5.69 Å². The molecule has 0 radical (unpaired) electrons. The molecule has 0 spiro atoms. The summed E-state index contributed by atoms with van der Waals surface area (Å²) in [5.41, 5.74) is 7.41. The van der Waals surface area contributed by atoms with E-state index < -0.39 is 0 Å². The molecule has 2 N–H and O–H groups in total. The normalized spacial score (nSPS) is 13.9. The molecular weight excluding hydrogens is 309 g/mol. The van der Waals surface area contributed by atoms with Crippen molar-refractivity contribution in [3.8, 4) is 0 Å². The molecule has 0 saturated heterocycles. The van der Waals surface area contributed by atoms with Gasteiger partial charge in [-0.2, -0.15) is 0 Å². The number of ketones is 2. The summed E-state index contributed by atoms with van der Waals surface area (Å²) in [5.74, 6) is -0.566. The fourth-order valence-corrected chi connectivity index (χ4v) is 2.90. The summed E-state index contributed by atoms with van der Waals surface area (Å²) in [4.78, 5) is 24.8. The third-order valence-corrected chi connectivity index (χ3v) is 3.72. The molecule has 0 saturated carbocycles. The lowest BCUT2D eigenvalue weighted by Crippen LogP contribution is -2.18. The highest BCUT2D eigenvalue weighted by atomic mass is 35.5. The largest absolute Gasteiger partial charge is 0.398 e. The summed E-state index contributed by atoms with van der Waals surface area (Å²) in [6.45, 7) is 0. The predicted molar refractivity (Wildman–Crippen MR) is 84.0 cm³/mol. The van der Waals surface area contributed by atoms with E-state index in [4.69, 9.17) is 28.9 Å². The van der Waals surface area contributed by atoms with Crippen LogP contribution in [0.25, 0.3) is 5.57 Å². The van der Waals surface area contributed by atoms with Gasteiger partial charge in [-0.3, -0.25) is 9.59 Å². The summed E-state index contributed by atoms with van der Waals surface area (Å²) in [6, 6.07) is 9.59. The predicted octanol–water partition coefficient (Wildman–Crippen LogP) is 4.04. The Balaban J connectivity index is 2.19. The van der Waals surface area contributed by atoms with Gasteiger partial charge in [0.1, 0.15) is 0 Å². The fourth-order valence-electron chi connectivity index (χ4n) is 2.37. The first-order valence-electron chi connectivity index (χ1n) is 6.13. The summed E-state index contributed by atoms with van der Waals surface area (Å²) >= 11 is 11.9. The van der Waals surface area contributed by atoms with E-state index in [1.165, 1.54) is 6.08 Å². The quantitative estimate of drug-likeness (QED) is 0.807. The monoisotopic (exact) mass is 317 g/mol. The van der Waals surface area contributed by atoms with Crippen LogP contribution in [0.3, 0.4) is 0 Å². The van der Waals surface area contributed by atoms with Crippen molar-refractivity contribution >= 4 is 46.0 Å². The lowest BCUT2D eigenvalue weighted by atomic mass is 9.85. The minimum absolute atomic E-state index is 0.249. The van der Waals surface area contributed by atoms with Crippen molar-refractivity contribution in [1.29, 1.82) is 0 Å². The van der Waals surface area contributed by atoms with Crippen molar-refractivity contribution in [2.24, 2.45) is 0 Å². The maximum absolute atomic E-state index is 12.6. The first-order chi connectivity index (χ1) is 9.97. The van der Waals surface area contributed by atoms with Gasteiger partial charge in [0.2, 0.25) is 0 Å². The van der Waals surface area contributed by atoms with Crippen LogP contribution in [0.15, 0.2) is 42.5 Å². The van der Waals surface area contributed by atoms with Gasteiger partial charge in [0, 0.05) is 26.9 Å². The number of nitrogens with two attached hydrogens (primary N) is 1. The lowest BCUT2D eigenvalue weighted by Gasteiger charge is -2.17. The van der Waals surface area contributed by atoms with Crippen LogP contribution < -0.4 is 5.73 Å². The van der Waals surface area contributed by atoms with Crippen molar-refractivity contribution < 1.29 is 9.59 Å². The van der Waals surface area contributed by atoms with E-state index in [1.54, 1.807) is 36.4 Å². The number of nitrogen functional groups attached to an aromatic ring is 1. The Bertz CT molecular complexity index is 805. The van der Waals surface area contributed by atoms with Gasteiger partial charge < -0.3 is 5.73 Å². The van der Waals surface area contributed by atoms with Crippen LogP contribution in [0.1, 0.15) is 26.3 Å². The number of benzene rings is 2. The summed E-state index contributed by atoms with van der Waals surface area (Å²) in [7, 11) is 0. The van der Waals surface area contributed by atoms with Gasteiger partial charge in [0.25, 0.3) is 0 Å². The Morgan fingerprint density at radius 1 is 0.952 bits per heavy atom. The number of carbonyl (C=O) groups excluding carboxylic acids is 2. The average Bonchev–Trinajstić information content (AvgIpc) is 2.41. The van der Waals surface area contributed by atoms with Crippen LogP contribution >= 0.6 is 23.2 Å². The van der Waals surface area contributed by atoms with Crippen molar-refractivity contribution in [2.75, 3.05) is 5.73 Å². The van der Waals surface area contributed by atoms with E-state index in [0.29, 0.717) is 26.9 Å². The van der Waals surface area contributed by atoms with Crippen LogP contribution in [-0.4, -0.2) is 11.6 Å². The van der Waals surface area contributed by atoms with Crippen molar-refractivity contribution in [3.63, 3.8) is 0 Å². The average molecular weight is 318 g/mol. The molecule has 0 unspecified atom stereocenters. The number of hydrogen-bond acceptors (Lipinski definition) is 3. The maximum atomic E-state index is 12.6. The molecule has 1 aliphatic carbocycles. The Labute approximate surface area is 131 Å². The molecule has 21 heavy (non-hydrogen) atoms. The molecule has 0 aliphatic heterocycles. The second-order valence-electron chi connectivity index (χ2n) is 4.68. The van der Waals surface area contributed by atoms with E-state index in [-0.39, 0.29) is 22.7 Å². The Hall–Kier alpha value is -2.10. The van der Waals surface area contributed by atoms with E-state index >= 15 is 0 Å². The van der Waals surface area contributed by atoms with Crippen molar-refractivity contribution in [2.45, 2.75) is 0 Å². The second kappa shape index (κ2) is 5.02. The fraction of sp³-hybridized carbons (Fsp3) is 0. The van der Waals surface area contributed by atoms with Gasteiger partial charge in [-0.15, -0.1) is 0 Å². The third kappa shape index (κ3) is 2.35. The zero-order valence-electron chi connectivity index (χ0n) is 10.7. The molecule has 5 heteroatoms. The summed E-state index contributed by atoms with van der Waals surface area (Å²) < 4.78 is 0. The number of fused-ring (bicyclic) bond motifs is 1. The van der Waals surface area contributed by atoms with Gasteiger partial charge in [-0.1, -0.05) is 35.3 Å². The van der Waals surface area contributed by atoms with E-state index in [0.717, 1.165) is 0 Å².